The molecule has 6 heteroatoms. The maximum Gasteiger partial charge on any atom is 0.304 e. The van der Waals surface area contributed by atoms with Crippen molar-refractivity contribution in [2.45, 2.75) is 19.3 Å². The molecule has 0 aliphatic rings. The zero-order valence-electron chi connectivity index (χ0n) is 15.6. The highest BCUT2D eigenvalue weighted by molar-refractivity contribution is 5.93. The Morgan fingerprint density at radius 1 is 1.04 bits per heavy atom. The topological polar surface area (TPSA) is 69.9 Å². The van der Waals surface area contributed by atoms with Gasteiger partial charge in [-0.15, -0.1) is 0 Å². The van der Waals surface area contributed by atoms with Crippen LogP contribution in [0.4, 0.5) is 0 Å². The Morgan fingerprint density at radius 2 is 1.82 bits per heavy atom. The van der Waals surface area contributed by atoms with Gasteiger partial charge in [0.25, 0.3) is 0 Å². The Hall–Kier alpha value is -3.54. The summed E-state index contributed by atoms with van der Waals surface area (Å²) in [6.07, 6.45) is 7.04. The summed E-state index contributed by atoms with van der Waals surface area (Å²) < 4.78 is 6.93. The van der Waals surface area contributed by atoms with Crippen LogP contribution >= 0.6 is 0 Å². The van der Waals surface area contributed by atoms with Gasteiger partial charge in [0, 0.05) is 24.4 Å². The third-order valence-corrected chi connectivity index (χ3v) is 4.65. The van der Waals surface area contributed by atoms with Crippen LogP contribution in [0.3, 0.4) is 0 Å². The van der Waals surface area contributed by atoms with Crippen molar-refractivity contribution >= 4 is 16.9 Å². The molecule has 4 aromatic rings. The molecule has 140 valence electrons. The first-order valence-corrected chi connectivity index (χ1v) is 9.15. The second kappa shape index (κ2) is 8.00. The van der Waals surface area contributed by atoms with Gasteiger partial charge in [-0.05, 0) is 36.1 Å². The molecule has 2 aromatic carbocycles. The molecule has 0 saturated heterocycles. The van der Waals surface area contributed by atoms with Crippen molar-refractivity contribution in [2.24, 2.45) is 0 Å². The predicted octanol–water partition coefficient (Wildman–Crippen LogP) is 4.17. The van der Waals surface area contributed by atoms with Crippen LogP contribution in [-0.4, -0.2) is 32.5 Å². The largest absolute Gasteiger partial charge is 0.468 e. The molecule has 0 amide bonds. The van der Waals surface area contributed by atoms with E-state index in [1.54, 1.807) is 17.0 Å². The molecule has 0 atom stereocenters. The Kier molecular flexibility index (Phi) is 5.10. The molecule has 6 nitrogen and oxygen atoms in total. The third kappa shape index (κ3) is 3.62. The highest BCUT2D eigenvalue weighted by atomic mass is 16.5. The van der Waals surface area contributed by atoms with E-state index in [1.807, 2.05) is 36.4 Å². The van der Waals surface area contributed by atoms with Gasteiger partial charge < -0.3 is 4.74 Å². The molecule has 0 fully saturated rings. The molecule has 0 spiro atoms. The summed E-state index contributed by atoms with van der Waals surface area (Å²) in [6, 6.07) is 16.2. The number of benzene rings is 2. The number of methoxy groups -OCH3 is 1. The maximum atomic E-state index is 12.9. The lowest BCUT2D eigenvalue weighted by Crippen LogP contribution is -2.12. The first-order valence-electron chi connectivity index (χ1n) is 9.15. The molecule has 0 saturated carbocycles. The molecular formula is C22H20N4O2. The monoisotopic (exact) mass is 372 g/mol. The molecular weight excluding hydrogens is 352 g/mol. The van der Waals surface area contributed by atoms with Gasteiger partial charge in [0.15, 0.2) is 0 Å². The molecule has 0 aliphatic carbocycles. The number of carbonyl (C=O) groups is 1. The zero-order valence-corrected chi connectivity index (χ0v) is 15.6. The molecule has 4 rings (SSSR count). The average molecular weight is 372 g/mol. The summed E-state index contributed by atoms with van der Waals surface area (Å²) in [5.74, 6) is -0.0222. The van der Waals surface area contributed by atoms with Crippen molar-refractivity contribution in [3.63, 3.8) is 0 Å². The molecule has 0 bridgehead atoms. The predicted molar refractivity (Wildman–Crippen MR) is 107 cm³/mol. The van der Waals surface area contributed by atoms with Crippen LogP contribution in [0.25, 0.3) is 22.2 Å². The first kappa shape index (κ1) is 17.9. The lowest BCUT2D eigenvalue weighted by atomic mass is 10.1. The van der Waals surface area contributed by atoms with Crippen LogP contribution in [0.1, 0.15) is 23.2 Å². The number of aromatic nitrogens is 4. The van der Waals surface area contributed by atoms with Gasteiger partial charge in [-0.1, -0.05) is 36.4 Å². The summed E-state index contributed by atoms with van der Waals surface area (Å²) in [5.41, 5.74) is 4.51. The first-order chi connectivity index (χ1) is 13.8. The quantitative estimate of drug-likeness (QED) is 0.508. The van der Waals surface area contributed by atoms with E-state index in [0.29, 0.717) is 17.9 Å². The number of aryl methyl sites for hydroxylation is 1. The molecule has 0 aliphatic heterocycles. The van der Waals surface area contributed by atoms with Crippen LogP contribution in [0.5, 0.6) is 6.01 Å². The Balaban J connectivity index is 1.58. The maximum absolute atomic E-state index is 12.9. The summed E-state index contributed by atoms with van der Waals surface area (Å²) in [6.45, 7) is 0. The highest BCUT2D eigenvalue weighted by Crippen LogP contribution is 2.27. The van der Waals surface area contributed by atoms with Crippen molar-refractivity contribution in [3.8, 4) is 17.1 Å². The number of hydrogen-bond acceptors (Lipinski definition) is 5. The lowest BCUT2D eigenvalue weighted by Gasteiger charge is -2.07. The van der Waals surface area contributed by atoms with Crippen molar-refractivity contribution in [1.82, 2.24) is 19.5 Å². The van der Waals surface area contributed by atoms with E-state index in [-0.39, 0.29) is 5.91 Å². The fourth-order valence-electron chi connectivity index (χ4n) is 3.26. The summed E-state index contributed by atoms with van der Waals surface area (Å²) >= 11 is 0. The zero-order chi connectivity index (χ0) is 19.3. The number of fused-ring (bicyclic) bond motifs is 1. The fourth-order valence-corrected chi connectivity index (χ4v) is 3.26. The SMILES string of the molecule is COc1nc2cc(-c3cncnc3)ccc2n1C(=O)CCCc1ccccc1. The van der Waals surface area contributed by atoms with E-state index in [4.69, 9.17) is 4.74 Å². The molecule has 0 radical (unpaired) electrons. The number of hydrogen-bond donors (Lipinski definition) is 0. The molecule has 2 aromatic heterocycles. The van der Waals surface area contributed by atoms with Crippen LogP contribution in [-0.2, 0) is 6.42 Å². The Bertz CT molecular complexity index is 1090. The van der Waals surface area contributed by atoms with E-state index in [1.165, 1.54) is 19.0 Å². The van der Waals surface area contributed by atoms with Crippen LogP contribution < -0.4 is 4.74 Å². The van der Waals surface area contributed by atoms with Gasteiger partial charge in [-0.25, -0.2) is 14.5 Å². The minimum atomic E-state index is -0.0222. The second-order valence-electron chi connectivity index (χ2n) is 6.50. The van der Waals surface area contributed by atoms with Gasteiger partial charge in [-0.2, -0.15) is 4.98 Å². The number of imidazole rings is 1. The standard InChI is InChI=1S/C22H20N4O2/c1-28-22-25-19-12-17(18-13-23-15-24-14-18)10-11-20(19)26(22)21(27)9-5-8-16-6-3-2-4-7-16/h2-4,6-7,10-15H,5,8-9H2,1H3. The minimum Gasteiger partial charge on any atom is -0.468 e. The molecule has 0 unspecified atom stereocenters. The number of carbonyl (C=O) groups excluding carboxylic acids is 1. The van der Waals surface area contributed by atoms with Crippen LogP contribution in [0, 0.1) is 0 Å². The van der Waals surface area contributed by atoms with E-state index in [0.717, 1.165) is 29.5 Å². The van der Waals surface area contributed by atoms with Gasteiger partial charge in [-0.3, -0.25) is 4.79 Å². The smallest absolute Gasteiger partial charge is 0.304 e. The summed E-state index contributed by atoms with van der Waals surface area (Å²) in [4.78, 5) is 25.5. The lowest BCUT2D eigenvalue weighted by molar-refractivity contribution is 0.0894. The number of ether oxygens (including phenoxy) is 1. The number of rotatable bonds is 6. The molecule has 2 heterocycles. The van der Waals surface area contributed by atoms with Crippen molar-refractivity contribution < 1.29 is 9.53 Å². The van der Waals surface area contributed by atoms with Crippen LogP contribution in [0.15, 0.2) is 67.3 Å². The number of nitrogens with zero attached hydrogens (tertiary/aromatic N) is 4. The van der Waals surface area contributed by atoms with Gasteiger partial charge in [0.2, 0.25) is 5.91 Å². The fraction of sp³-hybridized carbons (Fsp3) is 0.182. The minimum absolute atomic E-state index is 0.0222. The van der Waals surface area contributed by atoms with Gasteiger partial charge in [0.05, 0.1) is 18.1 Å². The molecule has 0 N–H and O–H groups in total. The van der Waals surface area contributed by atoms with E-state index in [2.05, 4.69) is 27.1 Å². The van der Waals surface area contributed by atoms with Gasteiger partial charge >= 0.3 is 6.01 Å². The molecule has 28 heavy (non-hydrogen) atoms. The summed E-state index contributed by atoms with van der Waals surface area (Å²) in [7, 11) is 1.53. The normalized spacial score (nSPS) is 10.9. The van der Waals surface area contributed by atoms with Crippen molar-refractivity contribution in [3.05, 3.63) is 72.8 Å². The Labute approximate surface area is 162 Å². The van der Waals surface area contributed by atoms with E-state index in [9.17, 15) is 4.79 Å². The van der Waals surface area contributed by atoms with E-state index < -0.39 is 0 Å². The second-order valence-corrected chi connectivity index (χ2v) is 6.50. The average Bonchev–Trinajstić information content (AvgIpc) is 3.13. The Morgan fingerprint density at radius 3 is 2.57 bits per heavy atom. The summed E-state index contributed by atoms with van der Waals surface area (Å²) in [5, 5.41) is 0. The van der Waals surface area contributed by atoms with E-state index >= 15 is 0 Å². The van der Waals surface area contributed by atoms with Crippen molar-refractivity contribution in [2.75, 3.05) is 7.11 Å². The van der Waals surface area contributed by atoms with Crippen LogP contribution in [0.2, 0.25) is 0 Å². The van der Waals surface area contributed by atoms with Crippen molar-refractivity contribution in [1.29, 1.82) is 0 Å². The third-order valence-electron chi connectivity index (χ3n) is 4.65. The van der Waals surface area contributed by atoms with Gasteiger partial charge in [0.1, 0.15) is 6.33 Å². The highest BCUT2D eigenvalue weighted by Gasteiger charge is 2.18.